The van der Waals surface area contributed by atoms with E-state index in [1.54, 1.807) is 23.9 Å². The van der Waals surface area contributed by atoms with Crippen LogP contribution in [0.15, 0.2) is 18.2 Å². The van der Waals surface area contributed by atoms with Crippen LogP contribution in [0.1, 0.15) is 5.56 Å². The lowest BCUT2D eigenvalue weighted by atomic mass is 10.2. The molecule has 1 rings (SSSR count). The van der Waals surface area contributed by atoms with Crippen LogP contribution in [0.5, 0.6) is 0 Å². The molecule has 0 saturated heterocycles. The van der Waals surface area contributed by atoms with Crippen molar-refractivity contribution in [3.63, 3.8) is 0 Å². The lowest BCUT2D eigenvalue weighted by Crippen LogP contribution is -2.17. The van der Waals surface area contributed by atoms with E-state index >= 15 is 0 Å². The molecule has 1 nitrogen and oxygen atoms in total. The highest BCUT2D eigenvalue weighted by Gasteiger charge is 2.01. The zero-order valence-electron chi connectivity index (χ0n) is 8.02. The highest BCUT2D eigenvalue weighted by atomic mass is 35.5. The number of rotatable bonds is 5. The Labute approximate surface area is 93.0 Å². The molecule has 0 bridgehead atoms. The Morgan fingerprint density at radius 2 is 2.29 bits per heavy atom. The first kappa shape index (κ1) is 11.8. The van der Waals surface area contributed by atoms with Gasteiger partial charge in [-0.1, -0.05) is 11.6 Å². The van der Waals surface area contributed by atoms with E-state index in [0.29, 0.717) is 17.1 Å². The van der Waals surface area contributed by atoms with Crippen LogP contribution in [0.25, 0.3) is 0 Å². The first-order valence-corrected chi connectivity index (χ1v) is 6.15. The predicted octanol–water partition coefficient (Wildman–Crippen LogP) is 2.93. The molecule has 0 radical (unpaired) electrons. The van der Waals surface area contributed by atoms with Crippen molar-refractivity contribution in [2.45, 2.75) is 6.54 Å². The van der Waals surface area contributed by atoms with Gasteiger partial charge in [0.1, 0.15) is 5.82 Å². The van der Waals surface area contributed by atoms with E-state index in [1.807, 2.05) is 6.26 Å². The second kappa shape index (κ2) is 6.27. The molecule has 0 aromatic heterocycles. The van der Waals surface area contributed by atoms with Crippen molar-refractivity contribution in [3.05, 3.63) is 34.6 Å². The van der Waals surface area contributed by atoms with Gasteiger partial charge in [-0.05, 0) is 24.5 Å². The molecule has 0 saturated carbocycles. The molecule has 1 aromatic rings. The maximum atomic E-state index is 13.2. The van der Waals surface area contributed by atoms with Crippen LogP contribution in [-0.4, -0.2) is 18.6 Å². The third kappa shape index (κ3) is 3.86. The highest BCUT2D eigenvalue weighted by Crippen LogP contribution is 2.14. The largest absolute Gasteiger partial charge is 0.312 e. The van der Waals surface area contributed by atoms with Gasteiger partial charge < -0.3 is 5.32 Å². The summed E-state index contributed by atoms with van der Waals surface area (Å²) in [6.07, 6.45) is 2.04. The van der Waals surface area contributed by atoms with Crippen molar-refractivity contribution in [2.75, 3.05) is 18.6 Å². The van der Waals surface area contributed by atoms with Gasteiger partial charge in [-0.15, -0.1) is 0 Å². The van der Waals surface area contributed by atoms with Gasteiger partial charge in [-0.25, -0.2) is 4.39 Å². The Balaban J connectivity index is 2.45. The first-order valence-electron chi connectivity index (χ1n) is 4.37. The number of benzene rings is 1. The van der Waals surface area contributed by atoms with Gasteiger partial charge >= 0.3 is 0 Å². The van der Waals surface area contributed by atoms with Crippen molar-refractivity contribution in [3.8, 4) is 0 Å². The summed E-state index contributed by atoms with van der Waals surface area (Å²) in [7, 11) is 0. The number of thioether (sulfide) groups is 1. The molecule has 78 valence electrons. The molecule has 0 aliphatic rings. The van der Waals surface area contributed by atoms with E-state index in [2.05, 4.69) is 5.32 Å². The number of hydrogen-bond acceptors (Lipinski definition) is 2. The zero-order chi connectivity index (χ0) is 10.4. The van der Waals surface area contributed by atoms with E-state index < -0.39 is 0 Å². The lowest BCUT2D eigenvalue weighted by Gasteiger charge is -2.05. The average molecular weight is 234 g/mol. The molecule has 0 unspecified atom stereocenters. The van der Waals surface area contributed by atoms with Crippen LogP contribution in [0, 0.1) is 5.82 Å². The second-order valence-corrected chi connectivity index (χ2v) is 4.33. The van der Waals surface area contributed by atoms with Crippen LogP contribution in [0.2, 0.25) is 5.02 Å². The van der Waals surface area contributed by atoms with Gasteiger partial charge in [-0.3, -0.25) is 0 Å². The quantitative estimate of drug-likeness (QED) is 0.785. The number of nitrogens with one attached hydrogen (secondary N) is 1. The average Bonchev–Trinajstić information content (AvgIpc) is 2.18. The maximum Gasteiger partial charge on any atom is 0.127 e. The number of halogens is 2. The third-order valence-corrected chi connectivity index (χ3v) is 2.65. The van der Waals surface area contributed by atoms with Crippen molar-refractivity contribution in [2.24, 2.45) is 0 Å². The summed E-state index contributed by atoms with van der Waals surface area (Å²) in [5.74, 6) is 0.827. The summed E-state index contributed by atoms with van der Waals surface area (Å²) < 4.78 is 13.2. The highest BCUT2D eigenvalue weighted by molar-refractivity contribution is 7.98. The van der Waals surface area contributed by atoms with Crippen LogP contribution < -0.4 is 5.32 Å². The SMILES string of the molecule is CSCCNCc1cc(Cl)ccc1F. The van der Waals surface area contributed by atoms with Gasteiger partial charge in [0, 0.05) is 29.4 Å². The standard InChI is InChI=1S/C10H13ClFNS/c1-14-5-4-13-7-8-6-9(11)2-3-10(8)12/h2-3,6,13H,4-5,7H2,1H3. The Morgan fingerprint density at radius 1 is 1.50 bits per heavy atom. The fourth-order valence-corrected chi connectivity index (χ4v) is 1.62. The molecular formula is C10H13ClFNS. The van der Waals surface area contributed by atoms with E-state index in [-0.39, 0.29) is 5.82 Å². The topological polar surface area (TPSA) is 12.0 Å². The Bertz CT molecular complexity index is 293. The fourth-order valence-electron chi connectivity index (χ4n) is 1.08. The van der Waals surface area contributed by atoms with Gasteiger partial charge in [0.2, 0.25) is 0 Å². The summed E-state index contributed by atoms with van der Waals surface area (Å²) >= 11 is 7.52. The van der Waals surface area contributed by atoms with Crippen LogP contribution in [0.4, 0.5) is 4.39 Å². The van der Waals surface area contributed by atoms with E-state index in [0.717, 1.165) is 12.3 Å². The van der Waals surface area contributed by atoms with Crippen LogP contribution >= 0.6 is 23.4 Å². The van der Waals surface area contributed by atoms with Crippen molar-refractivity contribution < 1.29 is 4.39 Å². The monoisotopic (exact) mass is 233 g/mol. The summed E-state index contributed by atoms with van der Waals surface area (Å²) in [4.78, 5) is 0. The summed E-state index contributed by atoms with van der Waals surface area (Å²) in [6, 6.07) is 4.61. The van der Waals surface area contributed by atoms with Gasteiger partial charge in [0.15, 0.2) is 0 Å². The molecule has 0 aliphatic heterocycles. The second-order valence-electron chi connectivity index (χ2n) is 2.91. The van der Waals surface area contributed by atoms with E-state index in [4.69, 9.17) is 11.6 Å². The minimum absolute atomic E-state index is 0.203. The summed E-state index contributed by atoms with van der Waals surface area (Å²) in [6.45, 7) is 1.42. The Morgan fingerprint density at radius 3 is 3.00 bits per heavy atom. The Kier molecular flexibility index (Phi) is 5.30. The zero-order valence-corrected chi connectivity index (χ0v) is 9.59. The van der Waals surface area contributed by atoms with Crippen molar-refractivity contribution in [1.29, 1.82) is 0 Å². The molecule has 1 aromatic carbocycles. The molecule has 1 N–H and O–H groups in total. The van der Waals surface area contributed by atoms with Gasteiger partial charge in [0.25, 0.3) is 0 Å². The third-order valence-electron chi connectivity index (χ3n) is 1.81. The first-order chi connectivity index (χ1) is 6.74. The molecule has 0 atom stereocenters. The molecule has 0 aliphatic carbocycles. The Hall–Kier alpha value is -0.250. The van der Waals surface area contributed by atoms with Crippen LogP contribution in [0.3, 0.4) is 0 Å². The normalized spacial score (nSPS) is 10.5. The fraction of sp³-hybridized carbons (Fsp3) is 0.400. The maximum absolute atomic E-state index is 13.2. The van der Waals surface area contributed by atoms with Crippen molar-refractivity contribution in [1.82, 2.24) is 5.32 Å². The van der Waals surface area contributed by atoms with Gasteiger partial charge in [0.05, 0.1) is 0 Å². The summed E-state index contributed by atoms with van der Waals surface area (Å²) in [5.41, 5.74) is 0.624. The van der Waals surface area contributed by atoms with Crippen molar-refractivity contribution >= 4 is 23.4 Å². The molecule has 0 heterocycles. The molecule has 0 fully saturated rings. The minimum Gasteiger partial charge on any atom is -0.312 e. The lowest BCUT2D eigenvalue weighted by molar-refractivity contribution is 0.594. The molecule has 0 spiro atoms. The predicted molar refractivity (Wildman–Crippen MR) is 61.5 cm³/mol. The van der Waals surface area contributed by atoms with E-state index in [1.165, 1.54) is 6.07 Å². The molecule has 14 heavy (non-hydrogen) atoms. The summed E-state index contributed by atoms with van der Waals surface area (Å²) in [5, 5.41) is 3.73. The minimum atomic E-state index is -0.203. The molecular weight excluding hydrogens is 221 g/mol. The van der Waals surface area contributed by atoms with Crippen LogP contribution in [-0.2, 0) is 6.54 Å². The van der Waals surface area contributed by atoms with E-state index in [9.17, 15) is 4.39 Å². The number of hydrogen-bond donors (Lipinski definition) is 1. The van der Waals surface area contributed by atoms with Gasteiger partial charge in [-0.2, -0.15) is 11.8 Å². The smallest absolute Gasteiger partial charge is 0.127 e. The molecule has 0 amide bonds. The molecule has 4 heteroatoms.